The first-order chi connectivity index (χ1) is 9.44. The van der Waals surface area contributed by atoms with Gasteiger partial charge in [0.15, 0.2) is 0 Å². The van der Waals surface area contributed by atoms with Gasteiger partial charge in [0.2, 0.25) is 0 Å². The van der Waals surface area contributed by atoms with Crippen LogP contribution in [-0.2, 0) is 13.3 Å². The molecule has 0 aliphatic rings. The molecule has 3 nitrogen and oxygen atoms in total. The van der Waals surface area contributed by atoms with Crippen molar-refractivity contribution in [2.45, 2.75) is 65.9 Å². The van der Waals surface area contributed by atoms with Gasteiger partial charge in [-0.2, -0.15) is 0 Å². The SMILES string of the molecule is CCO[Si](OCC)(OC(C)C(C)(C)C)C(CC)S(C)(C)[Si]. The summed E-state index contributed by atoms with van der Waals surface area (Å²) in [5.74, 6) is 0. The van der Waals surface area contributed by atoms with E-state index in [1.165, 1.54) is 0 Å². The molecule has 0 bridgehead atoms. The van der Waals surface area contributed by atoms with Crippen molar-refractivity contribution in [3.63, 3.8) is 0 Å². The van der Waals surface area contributed by atoms with Crippen LogP contribution >= 0.6 is 9.48 Å². The molecule has 0 amide bonds. The zero-order valence-electron chi connectivity index (χ0n) is 15.4. The molecule has 0 fully saturated rings. The van der Waals surface area contributed by atoms with E-state index in [2.05, 4.69) is 56.5 Å². The lowest BCUT2D eigenvalue weighted by Gasteiger charge is -2.47. The summed E-state index contributed by atoms with van der Waals surface area (Å²) >= 11 is 0. The van der Waals surface area contributed by atoms with Gasteiger partial charge in [0.25, 0.3) is 0 Å². The molecule has 0 aromatic heterocycles. The van der Waals surface area contributed by atoms with Gasteiger partial charge >= 0.3 is 8.80 Å². The summed E-state index contributed by atoms with van der Waals surface area (Å²) in [6.45, 7) is 16.2. The minimum Gasteiger partial charge on any atom is -0.373 e. The molecule has 0 N–H and O–H groups in total. The van der Waals surface area contributed by atoms with Crippen LogP contribution in [0.15, 0.2) is 0 Å². The van der Waals surface area contributed by atoms with Crippen LogP contribution in [0.25, 0.3) is 0 Å². The molecular formula is C15H35O3SSi2. The molecule has 0 aromatic carbocycles. The fourth-order valence-corrected chi connectivity index (χ4v) is 11.2. The van der Waals surface area contributed by atoms with Crippen LogP contribution in [0.3, 0.4) is 0 Å². The van der Waals surface area contributed by atoms with Crippen molar-refractivity contribution >= 4 is 27.7 Å². The van der Waals surface area contributed by atoms with Gasteiger partial charge in [-0.15, -0.1) is 0 Å². The van der Waals surface area contributed by atoms with E-state index in [0.717, 1.165) is 6.42 Å². The third-order valence-electron chi connectivity index (χ3n) is 3.73. The first kappa shape index (κ1) is 21.7. The van der Waals surface area contributed by atoms with Gasteiger partial charge < -0.3 is 13.3 Å². The summed E-state index contributed by atoms with van der Waals surface area (Å²) in [5.41, 5.74) is 0.0654. The maximum atomic E-state index is 6.55. The molecular weight excluding hydrogens is 316 g/mol. The van der Waals surface area contributed by atoms with Crippen LogP contribution < -0.4 is 0 Å². The second kappa shape index (κ2) is 8.50. The van der Waals surface area contributed by atoms with Crippen molar-refractivity contribution in [3.05, 3.63) is 0 Å². The van der Waals surface area contributed by atoms with Crippen molar-refractivity contribution in [2.24, 2.45) is 5.41 Å². The third kappa shape index (κ3) is 6.35. The summed E-state index contributed by atoms with van der Waals surface area (Å²) in [5, 5.41) is 0. The van der Waals surface area contributed by atoms with Crippen molar-refractivity contribution in [3.8, 4) is 0 Å². The van der Waals surface area contributed by atoms with Gasteiger partial charge in [-0.05, 0) is 45.1 Å². The monoisotopic (exact) mass is 351 g/mol. The summed E-state index contributed by atoms with van der Waals surface area (Å²) in [4.78, 5) is 0.298. The first-order valence-electron chi connectivity index (χ1n) is 7.87. The summed E-state index contributed by atoms with van der Waals surface area (Å²) in [6, 6.07) is 0. The molecule has 127 valence electrons. The normalized spacial score (nSPS) is 17.6. The van der Waals surface area contributed by atoms with Gasteiger partial charge in [-0.25, -0.2) is 0 Å². The van der Waals surface area contributed by atoms with Gasteiger partial charge in [-0.1, -0.05) is 27.7 Å². The average molecular weight is 352 g/mol. The highest BCUT2D eigenvalue weighted by atomic mass is 32.4. The molecule has 0 aromatic rings. The fourth-order valence-electron chi connectivity index (χ4n) is 2.22. The van der Waals surface area contributed by atoms with Crippen LogP contribution in [0.5, 0.6) is 0 Å². The van der Waals surface area contributed by atoms with E-state index in [-0.39, 0.29) is 11.5 Å². The number of hydrogen-bond acceptors (Lipinski definition) is 3. The second-order valence-corrected chi connectivity index (χ2v) is 16.6. The van der Waals surface area contributed by atoms with E-state index in [0.29, 0.717) is 18.1 Å². The Morgan fingerprint density at radius 2 is 1.48 bits per heavy atom. The van der Waals surface area contributed by atoms with E-state index >= 15 is 0 Å². The molecule has 0 rings (SSSR count). The molecule has 6 heteroatoms. The molecule has 0 aliphatic heterocycles. The van der Waals surface area contributed by atoms with E-state index < -0.39 is 18.3 Å². The smallest absolute Gasteiger partial charge is 0.373 e. The Morgan fingerprint density at radius 3 is 1.71 bits per heavy atom. The number of hydrogen-bond donors (Lipinski definition) is 0. The highest BCUT2D eigenvalue weighted by Crippen LogP contribution is 2.47. The Hall–Kier alpha value is 0.664. The summed E-state index contributed by atoms with van der Waals surface area (Å²) in [7, 11) is 0.197. The molecule has 3 radical (unpaired) electrons. The van der Waals surface area contributed by atoms with Gasteiger partial charge in [-0.3, -0.25) is 9.48 Å². The Balaban J connectivity index is 5.62. The fraction of sp³-hybridized carbons (Fsp3) is 1.00. The van der Waals surface area contributed by atoms with Gasteiger partial charge in [0.1, 0.15) is 0 Å². The maximum absolute atomic E-state index is 6.55. The molecule has 0 saturated carbocycles. The lowest BCUT2D eigenvalue weighted by molar-refractivity contribution is -0.00386. The molecule has 0 heterocycles. The predicted molar refractivity (Wildman–Crippen MR) is 98.3 cm³/mol. The van der Waals surface area contributed by atoms with Crippen LogP contribution in [0.1, 0.15) is 54.9 Å². The molecule has 0 aliphatic carbocycles. The van der Waals surface area contributed by atoms with E-state index in [9.17, 15) is 0 Å². The molecule has 2 atom stereocenters. The second-order valence-electron chi connectivity index (χ2n) is 6.90. The summed E-state index contributed by atoms with van der Waals surface area (Å²) in [6.07, 6.45) is 5.59. The molecule has 0 spiro atoms. The zero-order chi connectivity index (χ0) is 16.9. The van der Waals surface area contributed by atoms with Gasteiger partial charge in [0.05, 0.1) is 20.4 Å². The quantitative estimate of drug-likeness (QED) is 0.589. The standard InChI is InChI=1S/C15H35O3SSi2/c1-10-14(19(8,9)20)21(16-11-2,17-12-3)18-13(4)15(5,6)7/h13-14H,10-12H2,1-9H3. The summed E-state index contributed by atoms with van der Waals surface area (Å²) < 4.78 is 18.9. The van der Waals surface area contributed by atoms with Crippen molar-refractivity contribution in [1.29, 1.82) is 0 Å². The Morgan fingerprint density at radius 1 is 1.05 bits per heavy atom. The minimum atomic E-state index is -2.74. The lowest BCUT2D eigenvalue weighted by atomic mass is 9.91. The Labute approximate surface area is 138 Å². The van der Waals surface area contributed by atoms with E-state index in [1.54, 1.807) is 0 Å². The lowest BCUT2D eigenvalue weighted by Crippen LogP contribution is -2.60. The van der Waals surface area contributed by atoms with Gasteiger partial charge in [0, 0.05) is 13.2 Å². The van der Waals surface area contributed by atoms with Crippen LogP contribution in [0.4, 0.5) is 0 Å². The van der Waals surface area contributed by atoms with Crippen LogP contribution in [0.2, 0.25) is 0 Å². The number of rotatable bonds is 9. The highest BCUT2D eigenvalue weighted by molar-refractivity contribution is 8.50. The molecule has 0 saturated heterocycles. The topological polar surface area (TPSA) is 27.7 Å². The molecule has 21 heavy (non-hydrogen) atoms. The van der Waals surface area contributed by atoms with E-state index in [1.807, 2.05) is 13.8 Å². The first-order valence-corrected chi connectivity index (χ1v) is 13.4. The zero-order valence-corrected chi connectivity index (χ0v) is 18.2. The van der Waals surface area contributed by atoms with E-state index in [4.69, 9.17) is 13.3 Å². The van der Waals surface area contributed by atoms with Crippen molar-refractivity contribution in [2.75, 3.05) is 25.7 Å². The van der Waals surface area contributed by atoms with Crippen molar-refractivity contribution < 1.29 is 13.3 Å². The average Bonchev–Trinajstić information content (AvgIpc) is 2.26. The molecule has 2 unspecified atom stereocenters. The van der Waals surface area contributed by atoms with Crippen LogP contribution in [0, 0.1) is 5.41 Å². The van der Waals surface area contributed by atoms with Crippen molar-refractivity contribution in [1.82, 2.24) is 0 Å². The Bertz CT molecular complexity index is 294. The third-order valence-corrected chi connectivity index (χ3v) is 12.9. The highest BCUT2D eigenvalue weighted by Gasteiger charge is 2.53. The largest absolute Gasteiger partial charge is 0.512 e. The van der Waals surface area contributed by atoms with Crippen LogP contribution in [-0.4, -0.2) is 54.9 Å². The predicted octanol–water partition coefficient (Wildman–Crippen LogP) is 3.92. The maximum Gasteiger partial charge on any atom is 0.512 e. The Kier molecular flexibility index (Phi) is 8.77. The minimum absolute atomic E-state index is 0.0654.